The molecule has 0 spiro atoms. The van der Waals surface area contributed by atoms with E-state index < -0.39 is 0 Å². The molecule has 1 aromatic carbocycles. The number of benzene rings is 1. The van der Waals surface area contributed by atoms with Crippen molar-refractivity contribution in [3.63, 3.8) is 0 Å². The van der Waals surface area contributed by atoms with Crippen molar-refractivity contribution in [1.82, 2.24) is 10.2 Å². The van der Waals surface area contributed by atoms with Crippen LogP contribution in [0, 0.1) is 5.41 Å². The minimum Gasteiger partial charge on any atom is -0.396 e. The first kappa shape index (κ1) is 17.2. The van der Waals surface area contributed by atoms with Gasteiger partial charge in [-0.15, -0.1) is 0 Å². The zero-order valence-corrected chi connectivity index (χ0v) is 14.9. The highest BCUT2D eigenvalue weighted by molar-refractivity contribution is 6.31. The van der Waals surface area contributed by atoms with E-state index in [9.17, 15) is 5.11 Å². The number of rotatable bonds is 5. The molecule has 23 heavy (non-hydrogen) atoms. The number of aliphatic hydroxyl groups is 1. The van der Waals surface area contributed by atoms with Crippen LogP contribution in [0.4, 0.5) is 0 Å². The van der Waals surface area contributed by atoms with Crippen molar-refractivity contribution in [2.24, 2.45) is 5.41 Å². The molecule has 3 rings (SSSR count). The highest BCUT2D eigenvalue weighted by Gasteiger charge is 2.39. The lowest BCUT2D eigenvalue weighted by atomic mass is 9.85. The van der Waals surface area contributed by atoms with Gasteiger partial charge in [0, 0.05) is 35.7 Å². The SMILES string of the molecule is CC1(CO)CCCC1NC1CCN(Cc2ccccc2Cl)CC1. The summed E-state index contributed by atoms with van der Waals surface area (Å²) >= 11 is 6.27. The quantitative estimate of drug-likeness (QED) is 0.864. The molecule has 1 heterocycles. The molecule has 1 saturated carbocycles. The van der Waals surface area contributed by atoms with Crippen molar-refractivity contribution >= 4 is 11.6 Å². The highest BCUT2D eigenvalue weighted by atomic mass is 35.5. The summed E-state index contributed by atoms with van der Waals surface area (Å²) in [5.41, 5.74) is 1.30. The smallest absolute Gasteiger partial charge is 0.0499 e. The van der Waals surface area contributed by atoms with Crippen molar-refractivity contribution < 1.29 is 5.11 Å². The number of piperidine rings is 1. The van der Waals surface area contributed by atoms with Crippen LogP contribution in [0.15, 0.2) is 24.3 Å². The van der Waals surface area contributed by atoms with Gasteiger partial charge in [0.05, 0.1) is 0 Å². The Labute approximate surface area is 145 Å². The number of aliphatic hydroxyl groups excluding tert-OH is 1. The Morgan fingerprint density at radius 2 is 2.00 bits per heavy atom. The van der Waals surface area contributed by atoms with Crippen LogP contribution in [0.25, 0.3) is 0 Å². The molecule has 1 saturated heterocycles. The lowest BCUT2D eigenvalue weighted by Crippen LogP contribution is -2.50. The molecule has 0 radical (unpaired) electrons. The summed E-state index contributed by atoms with van der Waals surface area (Å²) in [4.78, 5) is 2.50. The zero-order valence-electron chi connectivity index (χ0n) is 14.1. The third-order valence-electron chi connectivity index (χ3n) is 5.82. The summed E-state index contributed by atoms with van der Waals surface area (Å²) in [5.74, 6) is 0. The molecule has 1 aliphatic carbocycles. The van der Waals surface area contributed by atoms with Crippen LogP contribution in [0.5, 0.6) is 0 Å². The summed E-state index contributed by atoms with van der Waals surface area (Å²) in [5, 5.41) is 14.4. The van der Waals surface area contributed by atoms with Gasteiger partial charge in [-0.3, -0.25) is 4.90 Å². The molecule has 1 aromatic rings. The number of nitrogens with one attached hydrogen (secondary N) is 1. The van der Waals surface area contributed by atoms with E-state index in [1.807, 2.05) is 12.1 Å². The zero-order chi connectivity index (χ0) is 16.3. The predicted octanol–water partition coefficient (Wildman–Crippen LogP) is 3.45. The maximum absolute atomic E-state index is 9.70. The molecule has 0 amide bonds. The second-order valence-electron chi connectivity index (χ2n) is 7.57. The maximum Gasteiger partial charge on any atom is 0.0499 e. The number of hydrogen-bond donors (Lipinski definition) is 2. The van der Waals surface area contributed by atoms with E-state index in [1.165, 1.54) is 31.2 Å². The molecule has 2 fully saturated rings. The molecule has 2 unspecified atom stereocenters. The van der Waals surface area contributed by atoms with E-state index in [4.69, 9.17) is 11.6 Å². The summed E-state index contributed by atoms with van der Waals surface area (Å²) < 4.78 is 0. The third kappa shape index (κ3) is 4.08. The summed E-state index contributed by atoms with van der Waals surface area (Å²) in [7, 11) is 0. The number of nitrogens with zero attached hydrogens (tertiary/aromatic N) is 1. The normalized spacial score (nSPS) is 30.0. The monoisotopic (exact) mass is 336 g/mol. The summed E-state index contributed by atoms with van der Waals surface area (Å²) in [6, 6.07) is 9.21. The fourth-order valence-electron chi connectivity index (χ4n) is 4.12. The van der Waals surface area contributed by atoms with Crippen molar-refractivity contribution in [3.8, 4) is 0 Å². The van der Waals surface area contributed by atoms with Crippen molar-refractivity contribution in [2.75, 3.05) is 19.7 Å². The first-order valence-corrected chi connectivity index (χ1v) is 9.31. The van der Waals surface area contributed by atoms with Gasteiger partial charge >= 0.3 is 0 Å². The topological polar surface area (TPSA) is 35.5 Å². The Kier molecular flexibility index (Phi) is 5.63. The van der Waals surface area contributed by atoms with Gasteiger partial charge in [-0.25, -0.2) is 0 Å². The van der Waals surface area contributed by atoms with Crippen molar-refractivity contribution in [2.45, 2.75) is 57.7 Å². The van der Waals surface area contributed by atoms with Crippen molar-refractivity contribution in [3.05, 3.63) is 34.9 Å². The van der Waals surface area contributed by atoms with Crippen LogP contribution < -0.4 is 5.32 Å². The first-order valence-electron chi connectivity index (χ1n) is 8.93. The van der Waals surface area contributed by atoms with Gasteiger partial charge < -0.3 is 10.4 Å². The average Bonchev–Trinajstić information content (AvgIpc) is 2.93. The maximum atomic E-state index is 9.70. The lowest BCUT2D eigenvalue weighted by molar-refractivity contribution is 0.102. The predicted molar refractivity (Wildman–Crippen MR) is 95.7 cm³/mol. The molecular formula is C19H29ClN2O. The van der Waals surface area contributed by atoms with Crippen LogP contribution in [0.3, 0.4) is 0 Å². The Balaban J connectivity index is 1.48. The van der Waals surface area contributed by atoms with Gasteiger partial charge in [0.25, 0.3) is 0 Å². The summed E-state index contributed by atoms with van der Waals surface area (Å²) in [6.45, 7) is 5.71. The molecule has 128 valence electrons. The fourth-order valence-corrected chi connectivity index (χ4v) is 4.31. The summed E-state index contributed by atoms with van der Waals surface area (Å²) in [6.07, 6.45) is 5.95. The molecule has 2 atom stereocenters. The fraction of sp³-hybridized carbons (Fsp3) is 0.684. The third-order valence-corrected chi connectivity index (χ3v) is 6.19. The van der Waals surface area contributed by atoms with E-state index >= 15 is 0 Å². The number of halogens is 1. The van der Waals surface area contributed by atoms with Gasteiger partial charge in [-0.2, -0.15) is 0 Å². The second-order valence-corrected chi connectivity index (χ2v) is 7.97. The molecule has 2 aliphatic rings. The van der Waals surface area contributed by atoms with E-state index in [-0.39, 0.29) is 5.41 Å². The molecular weight excluding hydrogens is 308 g/mol. The van der Waals surface area contributed by atoms with Crippen LogP contribution >= 0.6 is 11.6 Å². The van der Waals surface area contributed by atoms with E-state index in [0.717, 1.165) is 31.1 Å². The molecule has 0 aromatic heterocycles. The van der Waals surface area contributed by atoms with Gasteiger partial charge in [-0.1, -0.05) is 43.1 Å². The second kappa shape index (κ2) is 7.52. The van der Waals surface area contributed by atoms with Gasteiger partial charge in [0.15, 0.2) is 0 Å². The Morgan fingerprint density at radius 3 is 2.70 bits per heavy atom. The number of hydrogen-bond acceptors (Lipinski definition) is 3. The van der Waals surface area contributed by atoms with Gasteiger partial charge in [-0.05, 0) is 50.4 Å². The van der Waals surface area contributed by atoms with E-state index in [1.54, 1.807) is 0 Å². The molecule has 4 heteroatoms. The first-order chi connectivity index (χ1) is 11.1. The van der Waals surface area contributed by atoms with Gasteiger partial charge in [0.1, 0.15) is 0 Å². The Morgan fingerprint density at radius 1 is 1.26 bits per heavy atom. The molecule has 0 bridgehead atoms. The van der Waals surface area contributed by atoms with Crippen LogP contribution in [-0.2, 0) is 6.54 Å². The Hall–Kier alpha value is -0.610. The molecule has 2 N–H and O–H groups in total. The van der Waals surface area contributed by atoms with Gasteiger partial charge in [0.2, 0.25) is 0 Å². The highest BCUT2D eigenvalue weighted by Crippen LogP contribution is 2.38. The molecule has 3 nitrogen and oxygen atoms in total. The average molecular weight is 337 g/mol. The van der Waals surface area contributed by atoms with Crippen LogP contribution in [0.1, 0.15) is 44.6 Å². The lowest BCUT2D eigenvalue weighted by Gasteiger charge is -2.38. The van der Waals surface area contributed by atoms with Crippen LogP contribution in [-0.4, -0.2) is 41.8 Å². The standard InChI is InChI=1S/C19H29ClN2O/c1-19(14-23)10-4-7-18(19)21-16-8-11-22(12-9-16)13-15-5-2-3-6-17(15)20/h2-3,5-6,16,18,21,23H,4,7-14H2,1H3. The largest absolute Gasteiger partial charge is 0.396 e. The van der Waals surface area contributed by atoms with Crippen molar-refractivity contribution in [1.29, 1.82) is 0 Å². The minimum absolute atomic E-state index is 0.0781. The molecule has 1 aliphatic heterocycles. The minimum atomic E-state index is 0.0781. The van der Waals surface area contributed by atoms with Crippen LogP contribution in [0.2, 0.25) is 5.02 Å². The Bertz CT molecular complexity index is 516. The number of likely N-dealkylation sites (tertiary alicyclic amines) is 1. The van der Waals surface area contributed by atoms with E-state index in [0.29, 0.717) is 18.7 Å². The van der Waals surface area contributed by atoms with E-state index in [2.05, 4.69) is 29.3 Å².